The van der Waals surface area contributed by atoms with Crippen molar-refractivity contribution in [2.75, 3.05) is 13.2 Å². The summed E-state index contributed by atoms with van der Waals surface area (Å²) in [6.45, 7) is 5.29. The zero-order valence-electron chi connectivity index (χ0n) is 21.5. The van der Waals surface area contributed by atoms with Crippen molar-refractivity contribution < 1.29 is 61.5 Å². The Kier molecular flexibility index (Phi) is 11.2. The highest BCUT2D eigenvalue weighted by atomic mass is 19.1. The third-order valence-corrected chi connectivity index (χ3v) is 4.86. The van der Waals surface area contributed by atoms with Gasteiger partial charge in [0.1, 0.15) is 18.5 Å². The van der Waals surface area contributed by atoms with Crippen molar-refractivity contribution in [2.24, 2.45) is 0 Å². The van der Waals surface area contributed by atoms with Gasteiger partial charge in [-0.3, -0.25) is 19.2 Å². The fourth-order valence-electron chi connectivity index (χ4n) is 3.49. The minimum absolute atomic E-state index is 0.0406. The summed E-state index contributed by atoms with van der Waals surface area (Å²) in [6.07, 6.45) is -6.48. The summed E-state index contributed by atoms with van der Waals surface area (Å²) in [7, 11) is 0. The average Bonchev–Trinajstić information content (AvgIpc) is 2.81. The predicted octanol–water partition coefficient (Wildman–Crippen LogP) is 1.83. The van der Waals surface area contributed by atoms with Crippen molar-refractivity contribution in [1.82, 2.24) is 0 Å². The highest BCUT2D eigenvalue weighted by Gasteiger charge is 2.53. The van der Waals surface area contributed by atoms with E-state index in [4.69, 9.17) is 33.2 Å². The van der Waals surface area contributed by atoms with E-state index in [-0.39, 0.29) is 12.2 Å². The highest BCUT2D eigenvalue weighted by Crippen LogP contribution is 2.31. The van der Waals surface area contributed by atoms with E-state index in [2.05, 4.69) is 0 Å². The number of carbonyl (C=O) groups is 5. The van der Waals surface area contributed by atoms with Crippen molar-refractivity contribution in [2.45, 2.75) is 65.3 Å². The molecule has 0 unspecified atom stereocenters. The summed E-state index contributed by atoms with van der Waals surface area (Å²) in [5, 5.41) is 0. The number of ether oxygens (including phenoxy) is 7. The van der Waals surface area contributed by atoms with Crippen molar-refractivity contribution in [1.29, 1.82) is 0 Å². The summed E-state index contributed by atoms with van der Waals surface area (Å²) in [5.74, 6) is -5.45. The molecule has 1 aromatic rings. The monoisotopic (exact) mass is 540 g/mol. The van der Waals surface area contributed by atoms with Crippen LogP contribution in [-0.2, 0) is 57.1 Å². The lowest BCUT2D eigenvalue weighted by atomic mass is 9.98. The molecule has 208 valence electrons. The Morgan fingerprint density at radius 1 is 0.816 bits per heavy atom. The van der Waals surface area contributed by atoms with Crippen LogP contribution in [0.25, 0.3) is 6.08 Å². The number of benzene rings is 1. The van der Waals surface area contributed by atoms with Crippen LogP contribution in [0.4, 0.5) is 4.39 Å². The second-order valence-corrected chi connectivity index (χ2v) is 7.94. The van der Waals surface area contributed by atoms with Crippen LogP contribution >= 0.6 is 0 Å². The van der Waals surface area contributed by atoms with E-state index in [1.807, 2.05) is 0 Å². The molecule has 1 heterocycles. The quantitative estimate of drug-likeness (QED) is 0.184. The Hall–Kier alpha value is -4.00. The zero-order chi connectivity index (χ0) is 28.4. The van der Waals surface area contributed by atoms with Crippen LogP contribution in [0.15, 0.2) is 30.0 Å². The molecule has 5 atom stereocenters. The van der Waals surface area contributed by atoms with Gasteiger partial charge in [0, 0.05) is 33.3 Å². The fourth-order valence-corrected chi connectivity index (χ4v) is 3.49. The minimum atomic E-state index is -1.70. The molecule has 0 radical (unpaired) electrons. The van der Waals surface area contributed by atoms with Crippen LogP contribution in [-0.4, -0.2) is 73.8 Å². The first-order valence-corrected chi connectivity index (χ1v) is 11.5. The van der Waals surface area contributed by atoms with Crippen LogP contribution < -0.4 is 0 Å². The number of carbonyl (C=O) groups excluding carboxylic acids is 5. The van der Waals surface area contributed by atoms with Gasteiger partial charge in [0.2, 0.25) is 18.2 Å². The number of rotatable bonds is 10. The first kappa shape index (κ1) is 30.2. The Labute approximate surface area is 217 Å². The van der Waals surface area contributed by atoms with E-state index < -0.39 is 78.7 Å². The molecule has 38 heavy (non-hydrogen) atoms. The Balaban J connectivity index is 2.59. The lowest BCUT2D eigenvalue weighted by molar-refractivity contribution is -0.299. The normalized spacial score (nSPS) is 23.0. The molecular weight excluding hydrogens is 511 g/mol. The van der Waals surface area contributed by atoms with Gasteiger partial charge in [-0.2, -0.15) is 0 Å². The van der Waals surface area contributed by atoms with E-state index in [1.165, 1.54) is 25.1 Å². The number of esters is 5. The van der Waals surface area contributed by atoms with Gasteiger partial charge in [0.05, 0.1) is 6.61 Å². The number of hydrogen-bond donors (Lipinski definition) is 0. The van der Waals surface area contributed by atoms with E-state index in [9.17, 15) is 28.4 Å². The maximum absolute atomic E-state index is 14.3. The molecule has 1 saturated heterocycles. The summed E-state index contributed by atoms with van der Waals surface area (Å²) in [6, 6.07) is 5.48. The second kappa shape index (κ2) is 14.1. The zero-order valence-corrected chi connectivity index (χ0v) is 21.5. The molecule has 0 bridgehead atoms. The SMILES string of the molecule is CCOC(=O)/C(=C/c1ccccc1F)O[C@H]1O[C@@H](COC(C)=O)[C@H](OC(C)=O)[C@@H](OC(C)=O)[C@@H]1OC(C)=O. The van der Waals surface area contributed by atoms with Gasteiger partial charge in [-0.1, -0.05) is 18.2 Å². The van der Waals surface area contributed by atoms with Gasteiger partial charge in [-0.15, -0.1) is 0 Å². The molecule has 1 fully saturated rings. The molecule has 0 spiro atoms. The number of hydrogen-bond acceptors (Lipinski definition) is 12. The summed E-state index contributed by atoms with van der Waals surface area (Å²) < 4.78 is 51.8. The topological polar surface area (TPSA) is 150 Å². The van der Waals surface area contributed by atoms with Crippen molar-refractivity contribution >= 4 is 35.9 Å². The van der Waals surface area contributed by atoms with Crippen LogP contribution in [0.3, 0.4) is 0 Å². The second-order valence-electron chi connectivity index (χ2n) is 7.94. The van der Waals surface area contributed by atoms with E-state index in [0.29, 0.717) is 0 Å². The highest BCUT2D eigenvalue weighted by molar-refractivity contribution is 5.91. The van der Waals surface area contributed by atoms with Gasteiger partial charge >= 0.3 is 29.8 Å². The minimum Gasteiger partial charge on any atom is -0.463 e. The molecule has 0 saturated carbocycles. The van der Waals surface area contributed by atoms with Gasteiger partial charge in [0.15, 0.2) is 12.2 Å². The smallest absolute Gasteiger partial charge is 0.373 e. The molecule has 12 nitrogen and oxygen atoms in total. The van der Waals surface area contributed by atoms with E-state index >= 15 is 0 Å². The Morgan fingerprint density at radius 3 is 1.95 bits per heavy atom. The first-order chi connectivity index (χ1) is 17.9. The molecule has 1 aliphatic heterocycles. The van der Waals surface area contributed by atoms with Crippen LogP contribution in [0, 0.1) is 5.82 Å². The molecule has 13 heteroatoms. The molecule has 0 aromatic heterocycles. The molecule has 0 N–H and O–H groups in total. The molecule has 0 amide bonds. The van der Waals surface area contributed by atoms with Crippen LogP contribution in [0.1, 0.15) is 40.2 Å². The van der Waals surface area contributed by atoms with E-state index in [1.54, 1.807) is 0 Å². The Morgan fingerprint density at radius 2 is 1.39 bits per heavy atom. The first-order valence-electron chi connectivity index (χ1n) is 11.5. The van der Waals surface area contributed by atoms with Crippen LogP contribution in [0.5, 0.6) is 0 Å². The third-order valence-electron chi connectivity index (χ3n) is 4.86. The lowest BCUT2D eigenvalue weighted by Gasteiger charge is -2.43. The summed E-state index contributed by atoms with van der Waals surface area (Å²) in [5.41, 5.74) is -0.0406. The number of halogens is 1. The predicted molar refractivity (Wildman–Crippen MR) is 124 cm³/mol. The average molecular weight is 540 g/mol. The van der Waals surface area contributed by atoms with Crippen LogP contribution in [0.2, 0.25) is 0 Å². The maximum atomic E-state index is 14.3. The van der Waals surface area contributed by atoms with E-state index in [0.717, 1.165) is 39.8 Å². The molecule has 1 aromatic carbocycles. The summed E-state index contributed by atoms with van der Waals surface area (Å²) >= 11 is 0. The standard InChI is InChI=1S/C25H29FO12/c1-6-32-24(31)19(11-17-9-7-8-10-18(17)26)37-25-23(36-16(5)30)22(35-15(4)29)21(34-14(3)28)20(38-25)12-33-13(2)27/h7-11,20-23,25H,6,12H2,1-5H3/b19-11-/t20-,21-,22+,23-,25-/m0/s1. The maximum Gasteiger partial charge on any atom is 0.373 e. The van der Waals surface area contributed by atoms with Gasteiger partial charge in [-0.05, 0) is 19.1 Å². The van der Waals surface area contributed by atoms with Gasteiger partial charge in [-0.25, -0.2) is 9.18 Å². The third kappa shape index (κ3) is 8.83. The molecule has 0 aliphatic carbocycles. The van der Waals surface area contributed by atoms with Crippen molar-refractivity contribution in [3.8, 4) is 0 Å². The fraction of sp³-hybridized carbons (Fsp3) is 0.480. The lowest BCUT2D eigenvalue weighted by Crippen LogP contribution is -2.63. The summed E-state index contributed by atoms with van der Waals surface area (Å²) in [4.78, 5) is 59.9. The molecule has 2 rings (SSSR count). The Bertz CT molecular complexity index is 1070. The largest absolute Gasteiger partial charge is 0.463 e. The van der Waals surface area contributed by atoms with Crippen molar-refractivity contribution in [3.63, 3.8) is 0 Å². The molecular formula is C25H29FO12. The van der Waals surface area contributed by atoms with Gasteiger partial charge < -0.3 is 33.2 Å². The van der Waals surface area contributed by atoms with Gasteiger partial charge in [0.25, 0.3) is 0 Å². The van der Waals surface area contributed by atoms with Crippen molar-refractivity contribution in [3.05, 3.63) is 41.4 Å². The molecule has 1 aliphatic rings.